The molecule has 1 aromatic rings. The Morgan fingerprint density at radius 2 is 2.12 bits per heavy atom. The van der Waals surface area contributed by atoms with Crippen LogP contribution in [0.4, 0.5) is 4.39 Å². The molecule has 0 N–H and O–H groups in total. The number of fused-ring (bicyclic) bond motifs is 1. The van der Waals surface area contributed by atoms with E-state index < -0.39 is 18.2 Å². The summed E-state index contributed by atoms with van der Waals surface area (Å²) in [6.07, 6.45) is -0.828. The number of carbonyl (C=O) groups is 1. The highest BCUT2D eigenvalue weighted by Gasteiger charge is 2.34. The van der Waals surface area contributed by atoms with Gasteiger partial charge < -0.3 is 4.74 Å². The van der Waals surface area contributed by atoms with Crippen molar-refractivity contribution in [2.75, 3.05) is 5.88 Å². The van der Waals surface area contributed by atoms with Crippen molar-refractivity contribution in [1.82, 2.24) is 0 Å². The van der Waals surface area contributed by atoms with Crippen molar-refractivity contribution in [2.45, 2.75) is 25.1 Å². The highest BCUT2D eigenvalue weighted by Crippen LogP contribution is 2.34. The van der Waals surface area contributed by atoms with E-state index in [4.69, 9.17) is 16.3 Å². The molecule has 0 unspecified atom stereocenters. The molecular weight excluding hydrogens is 231 g/mol. The van der Waals surface area contributed by atoms with Crippen LogP contribution in [0.25, 0.3) is 0 Å². The molecule has 0 saturated carbocycles. The van der Waals surface area contributed by atoms with Crippen molar-refractivity contribution in [2.24, 2.45) is 0 Å². The van der Waals surface area contributed by atoms with Crippen molar-refractivity contribution < 1.29 is 13.9 Å². The molecule has 2 atom stereocenters. The van der Waals surface area contributed by atoms with E-state index in [2.05, 4.69) is 0 Å². The summed E-state index contributed by atoms with van der Waals surface area (Å²) in [5.41, 5.74) is 0.760. The van der Waals surface area contributed by atoms with Crippen LogP contribution in [0.5, 0.6) is 0 Å². The number of alkyl halides is 2. The topological polar surface area (TPSA) is 26.3 Å². The summed E-state index contributed by atoms with van der Waals surface area (Å²) in [6.45, 7) is 0. The van der Waals surface area contributed by atoms with Crippen LogP contribution >= 0.6 is 11.6 Å². The molecule has 0 saturated heterocycles. The minimum Gasteiger partial charge on any atom is -0.455 e. The lowest BCUT2D eigenvalue weighted by atomic mass is 9.95. The van der Waals surface area contributed by atoms with E-state index >= 15 is 0 Å². The van der Waals surface area contributed by atoms with E-state index in [0.29, 0.717) is 29.8 Å². The van der Waals surface area contributed by atoms with Crippen LogP contribution in [0.2, 0.25) is 0 Å². The molecule has 1 aromatic carbocycles. The Bertz CT molecular complexity index is 394. The van der Waals surface area contributed by atoms with Crippen molar-refractivity contribution in [3.8, 4) is 0 Å². The van der Waals surface area contributed by atoms with Crippen LogP contribution in [0.3, 0.4) is 0 Å². The molecule has 2 rings (SSSR count). The third-order valence-electron chi connectivity index (χ3n) is 2.68. The van der Waals surface area contributed by atoms with Crippen LogP contribution in [0.1, 0.15) is 34.9 Å². The maximum atomic E-state index is 14.0. The first-order valence-corrected chi connectivity index (χ1v) is 5.77. The van der Waals surface area contributed by atoms with Gasteiger partial charge >= 0.3 is 5.97 Å². The second kappa shape index (κ2) is 4.83. The summed E-state index contributed by atoms with van der Waals surface area (Å²) in [7, 11) is 0. The number of carbonyl (C=O) groups excluding carboxylic acids is 1. The number of ether oxygens (including phenoxy) is 1. The number of benzene rings is 1. The molecule has 0 bridgehead atoms. The maximum absolute atomic E-state index is 14.0. The van der Waals surface area contributed by atoms with Gasteiger partial charge in [-0.1, -0.05) is 18.2 Å². The molecule has 1 heterocycles. The SMILES string of the molecule is O=C1O[C@@H](CCCCl)[C@@H](F)c2ccccc21. The van der Waals surface area contributed by atoms with E-state index in [1.165, 1.54) is 0 Å². The molecule has 0 aromatic heterocycles. The standard InChI is InChI=1S/C12H12ClFO2/c13-7-3-6-10-11(14)8-4-1-2-5-9(8)12(15)16-10/h1-2,4-5,10-11H,3,6-7H2/t10-,11-/m0/s1. The van der Waals surface area contributed by atoms with Gasteiger partial charge in [0.25, 0.3) is 0 Å². The van der Waals surface area contributed by atoms with E-state index in [-0.39, 0.29) is 0 Å². The molecule has 2 nitrogen and oxygen atoms in total. The largest absolute Gasteiger partial charge is 0.455 e. The Balaban J connectivity index is 2.24. The molecular formula is C12H12ClFO2. The zero-order chi connectivity index (χ0) is 11.5. The highest BCUT2D eigenvalue weighted by atomic mass is 35.5. The lowest BCUT2D eigenvalue weighted by molar-refractivity contribution is -0.00585. The Morgan fingerprint density at radius 1 is 1.38 bits per heavy atom. The third kappa shape index (κ3) is 2.05. The first-order valence-electron chi connectivity index (χ1n) is 5.24. The maximum Gasteiger partial charge on any atom is 0.338 e. The van der Waals surface area contributed by atoms with E-state index in [1.54, 1.807) is 24.3 Å². The third-order valence-corrected chi connectivity index (χ3v) is 2.95. The molecule has 86 valence electrons. The normalized spacial score (nSPS) is 23.8. The predicted octanol–water partition coefficient (Wildman–Crippen LogP) is 3.26. The van der Waals surface area contributed by atoms with Crippen molar-refractivity contribution >= 4 is 17.6 Å². The fourth-order valence-corrected chi connectivity index (χ4v) is 2.02. The quantitative estimate of drug-likeness (QED) is 0.601. The summed E-state index contributed by atoms with van der Waals surface area (Å²) < 4.78 is 19.1. The number of rotatable bonds is 3. The van der Waals surface area contributed by atoms with E-state index in [0.717, 1.165) is 0 Å². The molecule has 1 aliphatic heterocycles. The van der Waals surface area contributed by atoms with Gasteiger partial charge in [-0.15, -0.1) is 11.6 Å². The van der Waals surface area contributed by atoms with Crippen LogP contribution in [-0.2, 0) is 4.74 Å². The monoisotopic (exact) mass is 242 g/mol. The van der Waals surface area contributed by atoms with Gasteiger partial charge in [0.05, 0.1) is 5.56 Å². The van der Waals surface area contributed by atoms with Crippen LogP contribution < -0.4 is 0 Å². The first kappa shape index (κ1) is 11.4. The zero-order valence-corrected chi connectivity index (χ0v) is 9.41. The minimum atomic E-state index is -1.24. The van der Waals surface area contributed by atoms with Crippen LogP contribution in [0, 0.1) is 0 Å². The second-order valence-electron chi connectivity index (χ2n) is 3.76. The van der Waals surface area contributed by atoms with Gasteiger partial charge in [0.2, 0.25) is 0 Å². The molecule has 0 spiro atoms. The first-order chi connectivity index (χ1) is 7.74. The van der Waals surface area contributed by atoms with E-state index in [9.17, 15) is 9.18 Å². The fraction of sp³-hybridized carbons (Fsp3) is 0.417. The van der Waals surface area contributed by atoms with Crippen molar-refractivity contribution in [3.05, 3.63) is 35.4 Å². The summed E-state index contributed by atoms with van der Waals surface area (Å²) >= 11 is 5.54. The Kier molecular flexibility index (Phi) is 3.44. The van der Waals surface area contributed by atoms with E-state index in [1.807, 2.05) is 0 Å². The molecule has 0 amide bonds. The lowest BCUT2D eigenvalue weighted by Gasteiger charge is -2.27. The minimum absolute atomic E-state index is 0.331. The zero-order valence-electron chi connectivity index (χ0n) is 8.66. The number of cyclic esters (lactones) is 1. The number of esters is 1. The molecule has 0 radical (unpaired) electrons. The van der Waals surface area contributed by atoms with Crippen molar-refractivity contribution in [1.29, 1.82) is 0 Å². The summed E-state index contributed by atoms with van der Waals surface area (Å²) in [6, 6.07) is 6.64. The highest BCUT2D eigenvalue weighted by molar-refractivity contribution is 6.17. The predicted molar refractivity (Wildman–Crippen MR) is 59.4 cm³/mol. The van der Waals surface area contributed by atoms with Gasteiger partial charge in [0.1, 0.15) is 6.10 Å². The van der Waals surface area contributed by atoms with Gasteiger partial charge in [0.15, 0.2) is 6.17 Å². The van der Waals surface area contributed by atoms with Gasteiger partial charge in [0, 0.05) is 11.4 Å². The molecule has 0 fully saturated rings. The van der Waals surface area contributed by atoms with Crippen LogP contribution in [0.15, 0.2) is 24.3 Å². The van der Waals surface area contributed by atoms with Crippen LogP contribution in [-0.4, -0.2) is 18.0 Å². The number of hydrogen-bond donors (Lipinski definition) is 0. The molecule has 16 heavy (non-hydrogen) atoms. The Morgan fingerprint density at radius 3 is 2.88 bits per heavy atom. The average molecular weight is 243 g/mol. The Hall–Kier alpha value is -1.09. The van der Waals surface area contributed by atoms with Gasteiger partial charge in [-0.05, 0) is 18.9 Å². The number of halogens is 2. The Labute approximate surface area is 98.4 Å². The molecule has 0 aliphatic carbocycles. The summed E-state index contributed by atoms with van der Waals surface area (Å²) in [4.78, 5) is 11.6. The van der Waals surface area contributed by atoms with Gasteiger partial charge in [-0.25, -0.2) is 9.18 Å². The second-order valence-corrected chi connectivity index (χ2v) is 4.14. The smallest absolute Gasteiger partial charge is 0.338 e. The molecule has 1 aliphatic rings. The van der Waals surface area contributed by atoms with Gasteiger partial charge in [-0.2, -0.15) is 0 Å². The molecule has 4 heteroatoms. The number of hydrogen-bond acceptors (Lipinski definition) is 2. The fourth-order valence-electron chi connectivity index (χ4n) is 1.87. The average Bonchev–Trinajstić information content (AvgIpc) is 2.32. The lowest BCUT2D eigenvalue weighted by Crippen LogP contribution is -2.30. The van der Waals surface area contributed by atoms with Gasteiger partial charge in [-0.3, -0.25) is 0 Å². The van der Waals surface area contributed by atoms with Crippen molar-refractivity contribution in [3.63, 3.8) is 0 Å². The summed E-state index contributed by atoms with van der Waals surface area (Å²) in [5, 5.41) is 0. The summed E-state index contributed by atoms with van der Waals surface area (Å²) in [5.74, 6) is 0.00617.